The van der Waals surface area contributed by atoms with Crippen molar-refractivity contribution < 1.29 is 22.7 Å². The van der Waals surface area contributed by atoms with Gasteiger partial charge in [-0.2, -0.15) is 4.31 Å². The Morgan fingerprint density at radius 1 is 1.10 bits per heavy atom. The fourth-order valence-corrected chi connectivity index (χ4v) is 5.27. The van der Waals surface area contributed by atoms with E-state index in [4.69, 9.17) is 21.1 Å². The molecule has 1 amide bonds. The van der Waals surface area contributed by atoms with E-state index < -0.39 is 22.0 Å². The highest BCUT2D eigenvalue weighted by Crippen LogP contribution is 2.36. The molecule has 156 valence electrons. The number of amides is 1. The van der Waals surface area contributed by atoms with E-state index in [9.17, 15) is 13.2 Å². The molecule has 9 heteroatoms. The van der Waals surface area contributed by atoms with Crippen molar-refractivity contribution >= 4 is 33.2 Å². The van der Waals surface area contributed by atoms with Crippen LogP contribution in [0.25, 0.3) is 0 Å². The number of anilines is 1. The zero-order valence-electron chi connectivity index (χ0n) is 16.2. The van der Waals surface area contributed by atoms with Gasteiger partial charge in [-0.1, -0.05) is 36.2 Å². The average Bonchev–Trinajstić information content (AvgIpc) is 2.74. The molecule has 0 radical (unpaired) electrons. The molecule has 1 atom stereocenters. The van der Waals surface area contributed by atoms with E-state index in [2.05, 4.69) is 5.32 Å². The summed E-state index contributed by atoms with van der Waals surface area (Å²) in [6.45, 7) is 0.288. The fourth-order valence-electron chi connectivity index (χ4n) is 3.36. The van der Waals surface area contributed by atoms with Gasteiger partial charge in [-0.3, -0.25) is 4.79 Å². The molecule has 29 heavy (non-hydrogen) atoms. The van der Waals surface area contributed by atoms with Gasteiger partial charge in [0.2, 0.25) is 15.9 Å². The van der Waals surface area contributed by atoms with Crippen LogP contribution in [-0.4, -0.2) is 45.4 Å². The fraction of sp³-hybridized carbons (Fsp3) is 0.350. The van der Waals surface area contributed by atoms with E-state index >= 15 is 0 Å². The molecule has 1 N–H and O–H groups in total. The van der Waals surface area contributed by atoms with Gasteiger partial charge in [-0.05, 0) is 31.0 Å². The number of rotatable bonds is 6. The van der Waals surface area contributed by atoms with Crippen LogP contribution >= 0.6 is 11.6 Å². The molecular formula is C20H23ClN2O5S. The van der Waals surface area contributed by atoms with Crippen LogP contribution in [0, 0.1) is 0 Å². The Kier molecular flexibility index (Phi) is 6.66. The zero-order valence-corrected chi connectivity index (χ0v) is 17.8. The zero-order chi connectivity index (χ0) is 21.0. The first-order valence-corrected chi connectivity index (χ1v) is 11.0. The molecular weight excluding hydrogens is 416 g/mol. The summed E-state index contributed by atoms with van der Waals surface area (Å²) in [5.41, 5.74) is 0.353. The highest BCUT2D eigenvalue weighted by Gasteiger charge is 2.37. The minimum absolute atomic E-state index is 0.171. The van der Waals surface area contributed by atoms with Gasteiger partial charge in [0.15, 0.2) is 0 Å². The van der Waals surface area contributed by atoms with Crippen molar-refractivity contribution in [1.29, 1.82) is 0 Å². The molecule has 3 rings (SSSR count). The molecule has 1 heterocycles. The molecule has 2 aromatic rings. The first-order chi connectivity index (χ1) is 13.9. The van der Waals surface area contributed by atoms with E-state index in [0.717, 1.165) is 6.42 Å². The van der Waals surface area contributed by atoms with Gasteiger partial charge < -0.3 is 14.8 Å². The maximum Gasteiger partial charge on any atom is 0.243 e. The van der Waals surface area contributed by atoms with Crippen molar-refractivity contribution in [2.45, 2.75) is 30.2 Å². The lowest BCUT2D eigenvalue weighted by atomic mass is 10.0. The summed E-state index contributed by atoms with van der Waals surface area (Å²) >= 11 is 6.17. The lowest BCUT2D eigenvalue weighted by molar-refractivity contribution is -0.120. The Hall–Kier alpha value is -2.29. The summed E-state index contributed by atoms with van der Waals surface area (Å²) in [5.74, 6) is 0.351. The van der Waals surface area contributed by atoms with Gasteiger partial charge in [-0.25, -0.2) is 8.42 Å². The average molecular weight is 439 g/mol. The van der Waals surface area contributed by atoms with E-state index in [1.807, 2.05) is 0 Å². The first kappa shape index (κ1) is 21.4. The van der Waals surface area contributed by atoms with Crippen molar-refractivity contribution in [1.82, 2.24) is 4.31 Å². The number of sulfonamides is 1. The third-order valence-corrected chi connectivity index (χ3v) is 7.06. The number of ether oxygens (including phenoxy) is 2. The van der Waals surface area contributed by atoms with Crippen molar-refractivity contribution in [2.75, 3.05) is 26.1 Å². The number of hydrogen-bond donors (Lipinski definition) is 1. The molecule has 0 bridgehead atoms. The second-order valence-corrected chi connectivity index (χ2v) is 8.91. The number of nitrogens with zero attached hydrogens (tertiary/aromatic N) is 1. The number of carbonyl (C=O) groups is 1. The van der Waals surface area contributed by atoms with Crippen LogP contribution in [0.4, 0.5) is 5.69 Å². The van der Waals surface area contributed by atoms with E-state index in [0.29, 0.717) is 35.1 Å². The van der Waals surface area contributed by atoms with Crippen LogP contribution in [0.15, 0.2) is 47.4 Å². The quantitative estimate of drug-likeness (QED) is 0.745. The van der Waals surface area contributed by atoms with Crippen LogP contribution in [0.2, 0.25) is 5.02 Å². The third-order valence-electron chi connectivity index (χ3n) is 4.84. The molecule has 1 aliphatic heterocycles. The minimum Gasteiger partial charge on any atom is -0.495 e. The number of benzene rings is 2. The topological polar surface area (TPSA) is 84.9 Å². The van der Waals surface area contributed by atoms with Gasteiger partial charge in [0.05, 0.1) is 29.8 Å². The molecule has 2 aromatic carbocycles. The van der Waals surface area contributed by atoms with Gasteiger partial charge in [0, 0.05) is 12.6 Å². The second kappa shape index (κ2) is 9.02. The Morgan fingerprint density at radius 3 is 2.45 bits per heavy atom. The number of piperidine rings is 1. The van der Waals surface area contributed by atoms with Crippen molar-refractivity contribution in [3.05, 3.63) is 47.5 Å². The number of hydrogen-bond acceptors (Lipinski definition) is 5. The van der Waals surface area contributed by atoms with Gasteiger partial charge in [-0.15, -0.1) is 0 Å². The summed E-state index contributed by atoms with van der Waals surface area (Å²) in [5, 5.41) is 3.07. The van der Waals surface area contributed by atoms with E-state index in [1.165, 1.54) is 36.7 Å². The Morgan fingerprint density at radius 2 is 1.79 bits per heavy atom. The summed E-state index contributed by atoms with van der Waals surface area (Å²) in [4.78, 5) is 13.2. The molecule has 1 saturated heterocycles. The summed E-state index contributed by atoms with van der Waals surface area (Å²) in [6.07, 6.45) is 1.90. The van der Waals surface area contributed by atoms with Crippen LogP contribution in [0.1, 0.15) is 19.3 Å². The number of halogens is 1. The standard InChI is InChI=1S/C20H23ClN2O5S/c1-27-18-13-19(28-2)16(12-15(18)21)22-20(24)17-10-6-7-11-23(17)29(25,26)14-8-4-3-5-9-14/h3-5,8-9,12-13,17H,6-7,10-11H2,1-2H3,(H,22,24)/t17-/m1/s1. The number of carbonyl (C=O) groups excluding carboxylic acids is 1. The van der Waals surface area contributed by atoms with Gasteiger partial charge in [0.25, 0.3) is 0 Å². The SMILES string of the molecule is COc1cc(OC)c(NC(=O)[C@H]2CCCCN2S(=O)(=O)c2ccccc2)cc1Cl. The van der Waals surface area contributed by atoms with Crippen LogP contribution < -0.4 is 14.8 Å². The molecule has 0 saturated carbocycles. The maximum absolute atomic E-state index is 13.1. The van der Waals surface area contributed by atoms with Gasteiger partial charge in [0.1, 0.15) is 17.5 Å². The Balaban J connectivity index is 1.89. The van der Waals surface area contributed by atoms with Crippen molar-refractivity contribution in [3.8, 4) is 11.5 Å². The van der Waals surface area contributed by atoms with E-state index in [-0.39, 0.29) is 11.4 Å². The van der Waals surface area contributed by atoms with Crippen molar-refractivity contribution in [2.24, 2.45) is 0 Å². The number of nitrogens with one attached hydrogen (secondary N) is 1. The molecule has 0 unspecified atom stereocenters. The van der Waals surface area contributed by atoms with Crippen LogP contribution in [0.3, 0.4) is 0 Å². The number of methoxy groups -OCH3 is 2. The molecule has 7 nitrogen and oxygen atoms in total. The third kappa shape index (κ3) is 4.49. The Labute approximate surface area is 175 Å². The lowest BCUT2D eigenvalue weighted by Crippen LogP contribution is -2.49. The molecule has 1 fully saturated rings. The summed E-state index contributed by atoms with van der Waals surface area (Å²) in [6, 6.07) is 10.4. The largest absolute Gasteiger partial charge is 0.495 e. The lowest BCUT2D eigenvalue weighted by Gasteiger charge is -2.33. The summed E-state index contributed by atoms with van der Waals surface area (Å²) in [7, 11) is -0.845. The predicted octanol–water partition coefficient (Wildman–Crippen LogP) is 3.54. The monoisotopic (exact) mass is 438 g/mol. The van der Waals surface area contributed by atoms with Crippen molar-refractivity contribution in [3.63, 3.8) is 0 Å². The highest BCUT2D eigenvalue weighted by atomic mass is 35.5. The predicted molar refractivity (Wildman–Crippen MR) is 111 cm³/mol. The summed E-state index contributed by atoms with van der Waals surface area (Å²) < 4.78 is 37.9. The molecule has 1 aliphatic rings. The first-order valence-electron chi connectivity index (χ1n) is 9.17. The molecule has 0 spiro atoms. The van der Waals surface area contributed by atoms with Gasteiger partial charge >= 0.3 is 0 Å². The minimum atomic E-state index is -3.79. The van der Waals surface area contributed by atoms with Crippen LogP contribution in [0.5, 0.6) is 11.5 Å². The molecule has 0 aromatic heterocycles. The highest BCUT2D eigenvalue weighted by molar-refractivity contribution is 7.89. The normalized spacial score (nSPS) is 17.6. The second-order valence-electron chi connectivity index (χ2n) is 6.62. The smallest absolute Gasteiger partial charge is 0.243 e. The van der Waals surface area contributed by atoms with E-state index in [1.54, 1.807) is 24.3 Å². The Bertz CT molecular complexity index is 982. The molecule has 0 aliphatic carbocycles. The van der Waals surface area contributed by atoms with Crippen LogP contribution in [-0.2, 0) is 14.8 Å². The maximum atomic E-state index is 13.1.